The molecule has 0 aliphatic carbocycles. The summed E-state index contributed by atoms with van der Waals surface area (Å²) >= 11 is 0.694. The van der Waals surface area contributed by atoms with E-state index in [-0.39, 0.29) is 4.90 Å². The minimum atomic E-state index is -4.56. The van der Waals surface area contributed by atoms with Crippen LogP contribution < -0.4 is 5.48 Å². The fraction of sp³-hybridized carbons (Fsp3) is 0.182. The van der Waals surface area contributed by atoms with Gasteiger partial charge in [-0.2, -0.15) is 13.2 Å². The molecule has 110 valence electrons. The van der Waals surface area contributed by atoms with E-state index < -0.39 is 30.3 Å². The third kappa shape index (κ3) is 6.53. The second-order valence-corrected chi connectivity index (χ2v) is 4.31. The number of thioether (sulfide) groups is 1. The molecule has 0 bridgehead atoms. The van der Waals surface area contributed by atoms with Gasteiger partial charge in [0.1, 0.15) is 11.6 Å². The maximum absolute atomic E-state index is 13.2. The molecule has 1 amide bonds. The third-order valence-electron chi connectivity index (χ3n) is 1.72. The summed E-state index contributed by atoms with van der Waals surface area (Å²) in [5, 5.41) is 1.09. The van der Waals surface area contributed by atoms with E-state index in [1.807, 2.05) is 0 Å². The molecular weight excluding hydrogens is 305 g/mol. The van der Waals surface area contributed by atoms with Crippen LogP contribution in [0.1, 0.15) is 0 Å². The van der Waals surface area contributed by atoms with Gasteiger partial charge in [0.15, 0.2) is 6.61 Å². The number of rotatable bonds is 5. The van der Waals surface area contributed by atoms with E-state index >= 15 is 0 Å². The van der Waals surface area contributed by atoms with E-state index in [1.54, 1.807) is 0 Å². The zero-order chi connectivity index (χ0) is 15.2. The number of alkyl halides is 3. The first kappa shape index (κ1) is 16.4. The van der Waals surface area contributed by atoms with Crippen molar-refractivity contribution in [3.8, 4) is 0 Å². The number of carbonyl (C=O) groups excluding carboxylic acids is 1. The van der Waals surface area contributed by atoms with Crippen molar-refractivity contribution in [1.29, 1.82) is 0 Å². The Morgan fingerprint density at radius 3 is 2.70 bits per heavy atom. The minimum Gasteiger partial charge on any atom is -0.268 e. The van der Waals surface area contributed by atoms with Crippen LogP contribution in [0.4, 0.5) is 22.0 Å². The monoisotopic (exact) mass is 313 g/mol. The SMILES string of the molecule is O=C(/C=C/Sc1cc(F)ccc1F)NOCC(F)(F)F. The molecule has 20 heavy (non-hydrogen) atoms. The van der Waals surface area contributed by atoms with Crippen LogP contribution in [0.3, 0.4) is 0 Å². The zero-order valence-electron chi connectivity index (χ0n) is 9.71. The molecule has 0 saturated carbocycles. The van der Waals surface area contributed by atoms with E-state index in [0.29, 0.717) is 11.8 Å². The molecule has 0 radical (unpaired) electrons. The molecule has 0 aliphatic heterocycles. The Morgan fingerprint density at radius 1 is 1.35 bits per heavy atom. The lowest BCUT2D eigenvalue weighted by molar-refractivity contribution is -0.190. The van der Waals surface area contributed by atoms with Crippen molar-refractivity contribution in [3.05, 3.63) is 41.3 Å². The highest BCUT2D eigenvalue weighted by molar-refractivity contribution is 8.02. The van der Waals surface area contributed by atoms with Crippen molar-refractivity contribution in [3.63, 3.8) is 0 Å². The summed E-state index contributed by atoms with van der Waals surface area (Å²) in [5.74, 6) is -2.30. The minimum absolute atomic E-state index is 0.0646. The summed E-state index contributed by atoms with van der Waals surface area (Å²) in [5.41, 5.74) is 1.52. The van der Waals surface area contributed by atoms with Crippen molar-refractivity contribution < 1.29 is 31.6 Å². The van der Waals surface area contributed by atoms with E-state index in [9.17, 15) is 26.7 Å². The van der Waals surface area contributed by atoms with Gasteiger partial charge in [0.05, 0.1) is 4.90 Å². The molecule has 1 aromatic rings. The maximum atomic E-state index is 13.2. The Labute approximate surface area is 114 Å². The molecular formula is C11H8F5NO2S. The Bertz CT molecular complexity index is 504. The molecule has 0 unspecified atom stereocenters. The average Bonchev–Trinajstić information content (AvgIpc) is 2.32. The third-order valence-corrected chi connectivity index (χ3v) is 2.56. The van der Waals surface area contributed by atoms with Gasteiger partial charge >= 0.3 is 6.18 Å². The highest BCUT2D eigenvalue weighted by Gasteiger charge is 2.28. The molecule has 0 spiro atoms. The molecule has 0 atom stereocenters. The van der Waals surface area contributed by atoms with Crippen molar-refractivity contribution >= 4 is 17.7 Å². The number of hydrogen-bond acceptors (Lipinski definition) is 3. The van der Waals surface area contributed by atoms with Crippen LogP contribution >= 0.6 is 11.8 Å². The zero-order valence-corrected chi connectivity index (χ0v) is 10.5. The Hall–Kier alpha value is -1.61. The Kier molecular flexibility index (Phi) is 5.96. The molecule has 9 heteroatoms. The van der Waals surface area contributed by atoms with E-state index in [2.05, 4.69) is 4.84 Å². The quantitative estimate of drug-likeness (QED) is 0.393. The van der Waals surface area contributed by atoms with Gasteiger partial charge in [-0.1, -0.05) is 11.8 Å². The molecule has 0 aromatic heterocycles. The number of nitrogens with one attached hydrogen (secondary N) is 1. The summed E-state index contributed by atoms with van der Waals surface area (Å²) < 4.78 is 61.0. The fourth-order valence-electron chi connectivity index (χ4n) is 0.960. The topological polar surface area (TPSA) is 38.3 Å². The molecule has 3 nitrogen and oxygen atoms in total. The summed E-state index contributed by atoms with van der Waals surface area (Å²) in [7, 11) is 0. The molecule has 0 fully saturated rings. The smallest absolute Gasteiger partial charge is 0.268 e. The van der Waals surface area contributed by atoms with E-state index in [4.69, 9.17) is 0 Å². The average molecular weight is 313 g/mol. The number of hydroxylamine groups is 1. The highest BCUT2D eigenvalue weighted by atomic mass is 32.2. The molecule has 1 rings (SSSR count). The second-order valence-electron chi connectivity index (χ2n) is 3.37. The van der Waals surface area contributed by atoms with Crippen LogP contribution in [0.25, 0.3) is 0 Å². The lowest BCUT2D eigenvalue weighted by Crippen LogP contribution is -2.28. The predicted octanol–water partition coefficient (Wildman–Crippen LogP) is 3.18. The molecule has 1 aromatic carbocycles. The van der Waals surface area contributed by atoms with Gasteiger partial charge in [-0.25, -0.2) is 14.3 Å². The van der Waals surface area contributed by atoms with Crippen LogP contribution in [-0.4, -0.2) is 18.7 Å². The number of carbonyl (C=O) groups is 1. The normalized spacial score (nSPS) is 11.8. The number of amides is 1. The van der Waals surface area contributed by atoms with Crippen molar-refractivity contribution in [2.45, 2.75) is 11.1 Å². The van der Waals surface area contributed by atoms with Gasteiger partial charge in [-0.05, 0) is 23.6 Å². The van der Waals surface area contributed by atoms with Gasteiger partial charge < -0.3 is 0 Å². The van der Waals surface area contributed by atoms with E-state index in [0.717, 1.165) is 29.7 Å². The maximum Gasteiger partial charge on any atom is 0.414 e. The predicted molar refractivity (Wildman–Crippen MR) is 61.5 cm³/mol. The standard InChI is InChI=1S/C11H8F5NO2S/c12-7-1-2-8(13)9(5-7)20-4-3-10(18)17-19-6-11(14,15)16/h1-5H,6H2,(H,17,18)/b4-3+. The summed E-state index contributed by atoms with van der Waals surface area (Å²) in [6.45, 7) is -1.63. The summed E-state index contributed by atoms with van der Waals surface area (Å²) in [6, 6.07) is 2.77. The lowest BCUT2D eigenvalue weighted by Gasteiger charge is -2.06. The van der Waals surface area contributed by atoms with E-state index in [1.165, 1.54) is 5.48 Å². The summed E-state index contributed by atoms with van der Waals surface area (Å²) in [6.07, 6.45) is -3.73. The van der Waals surface area contributed by atoms with Crippen LogP contribution in [0.2, 0.25) is 0 Å². The van der Waals surface area contributed by atoms with Crippen LogP contribution in [-0.2, 0) is 9.63 Å². The Morgan fingerprint density at radius 2 is 2.05 bits per heavy atom. The number of benzene rings is 1. The van der Waals surface area contributed by atoms with Gasteiger partial charge in [0.25, 0.3) is 5.91 Å². The summed E-state index contributed by atoms with van der Waals surface area (Å²) in [4.78, 5) is 14.8. The largest absolute Gasteiger partial charge is 0.414 e. The van der Waals surface area contributed by atoms with Crippen molar-refractivity contribution in [1.82, 2.24) is 5.48 Å². The van der Waals surface area contributed by atoms with Gasteiger partial charge in [-0.15, -0.1) is 0 Å². The molecule has 1 N–H and O–H groups in total. The number of halogens is 5. The first-order chi connectivity index (χ1) is 9.28. The first-order valence-electron chi connectivity index (χ1n) is 5.05. The van der Waals surface area contributed by atoms with Crippen molar-refractivity contribution in [2.75, 3.05) is 6.61 Å². The van der Waals surface area contributed by atoms with Crippen LogP contribution in [0.5, 0.6) is 0 Å². The number of hydrogen-bond donors (Lipinski definition) is 1. The van der Waals surface area contributed by atoms with Crippen molar-refractivity contribution in [2.24, 2.45) is 0 Å². The van der Waals surface area contributed by atoms with Crippen LogP contribution in [0, 0.1) is 11.6 Å². The first-order valence-corrected chi connectivity index (χ1v) is 5.92. The van der Waals surface area contributed by atoms with Crippen LogP contribution in [0.15, 0.2) is 34.6 Å². The molecule has 0 heterocycles. The highest BCUT2D eigenvalue weighted by Crippen LogP contribution is 2.23. The van der Waals surface area contributed by atoms with Gasteiger partial charge in [0, 0.05) is 6.08 Å². The lowest BCUT2D eigenvalue weighted by atomic mass is 10.3. The van der Waals surface area contributed by atoms with Gasteiger partial charge in [-0.3, -0.25) is 9.63 Å². The molecule has 0 saturated heterocycles. The van der Waals surface area contributed by atoms with Gasteiger partial charge in [0.2, 0.25) is 0 Å². The molecule has 0 aliphatic rings. The second kappa shape index (κ2) is 7.25. The Balaban J connectivity index is 2.41. The fourth-order valence-corrected chi connectivity index (χ4v) is 1.66.